The average Bonchev–Trinajstić information content (AvgIpc) is 2.11. The van der Waals surface area contributed by atoms with Crippen LogP contribution in [-0.4, -0.2) is 12.7 Å². The molecule has 1 heterocycles. The van der Waals surface area contributed by atoms with E-state index < -0.39 is 0 Å². The van der Waals surface area contributed by atoms with Crippen LogP contribution in [0.2, 0.25) is 0 Å². The van der Waals surface area contributed by atoms with Gasteiger partial charge in [0.05, 0.1) is 6.10 Å². The molecule has 1 aliphatic heterocycles. The Labute approximate surface area is 63.8 Å². The molecule has 1 nitrogen and oxygen atoms in total. The Hall–Kier alpha value is -0.0400. The van der Waals surface area contributed by atoms with Crippen molar-refractivity contribution in [1.29, 1.82) is 0 Å². The van der Waals surface area contributed by atoms with E-state index in [4.69, 9.17) is 4.74 Å². The van der Waals surface area contributed by atoms with E-state index in [-0.39, 0.29) is 0 Å². The van der Waals surface area contributed by atoms with Crippen molar-refractivity contribution in [1.82, 2.24) is 0 Å². The normalized spacial score (nSPS) is 41.1. The van der Waals surface area contributed by atoms with Crippen LogP contribution in [0.1, 0.15) is 27.7 Å². The monoisotopic (exact) mass is 142 g/mol. The SMILES string of the molecule is CC(C)C1C(C)CO[C@H]1C. The Kier molecular flexibility index (Phi) is 2.35. The zero-order chi connectivity index (χ0) is 7.72. The topological polar surface area (TPSA) is 9.23 Å². The molecular weight excluding hydrogens is 124 g/mol. The highest BCUT2D eigenvalue weighted by molar-refractivity contribution is 4.80. The van der Waals surface area contributed by atoms with E-state index in [9.17, 15) is 0 Å². The van der Waals surface area contributed by atoms with Crippen LogP contribution >= 0.6 is 0 Å². The summed E-state index contributed by atoms with van der Waals surface area (Å²) in [6.07, 6.45) is 0.481. The highest BCUT2D eigenvalue weighted by Crippen LogP contribution is 2.32. The molecule has 1 rings (SSSR count). The lowest BCUT2D eigenvalue weighted by molar-refractivity contribution is 0.0946. The van der Waals surface area contributed by atoms with Gasteiger partial charge >= 0.3 is 0 Å². The van der Waals surface area contributed by atoms with Gasteiger partial charge in [-0.15, -0.1) is 0 Å². The van der Waals surface area contributed by atoms with Gasteiger partial charge in [0.2, 0.25) is 0 Å². The third kappa shape index (κ3) is 1.34. The molecule has 0 aliphatic carbocycles. The van der Waals surface area contributed by atoms with Gasteiger partial charge in [-0.05, 0) is 24.7 Å². The summed E-state index contributed by atoms with van der Waals surface area (Å²) in [5.41, 5.74) is 0. The Morgan fingerprint density at radius 3 is 2.10 bits per heavy atom. The summed E-state index contributed by atoms with van der Waals surface area (Å²) in [7, 11) is 0. The lowest BCUT2D eigenvalue weighted by atomic mass is 9.83. The van der Waals surface area contributed by atoms with Crippen LogP contribution in [0.5, 0.6) is 0 Å². The fraction of sp³-hybridized carbons (Fsp3) is 1.00. The number of hydrogen-bond donors (Lipinski definition) is 0. The van der Waals surface area contributed by atoms with E-state index in [0.29, 0.717) is 6.10 Å². The standard InChI is InChI=1S/C9H18O/c1-6(2)9-7(3)5-10-8(9)4/h6-9H,5H2,1-4H3/t7?,8-,9?/m0/s1. The second-order valence-electron chi connectivity index (χ2n) is 3.84. The smallest absolute Gasteiger partial charge is 0.0581 e. The zero-order valence-corrected chi connectivity index (χ0v) is 7.42. The maximum Gasteiger partial charge on any atom is 0.0581 e. The fourth-order valence-electron chi connectivity index (χ4n) is 2.19. The van der Waals surface area contributed by atoms with Crippen LogP contribution in [0.15, 0.2) is 0 Å². The number of ether oxygens (including phenoxy) is 1. The predicted octanol–water partition coefficient (Wildman–Crippen LogP) is 2.31. The van der Waals surface area contributed by atoms with Crippen LogP contribution < -0.4 is 0 Å². The minimum absolute atomic E-state index is 0.481. The molecule has 0 aromatic heterocycles. The van der Waals surface area contributed by atoms with Crippen molar-refractivity contribution in [2.45, 2.75) is 33.8 Å². The first-order valence-corrected chi connectivity index (χ1v) is 4.24. The summed E-state index contributed by atoms with van der Waals surface area (Å²) in [4.78, 5) is 0. The van der Waals surface area contributed by atoms with Crippen molar-refractivity contribution in [2.24, 2.45) is 17.8 Å². The van der Waals surface area contributed by atoms with Crippen molar-refractivity contribution in [3.8, 4) is 0 Å². The maximum absolute atomic E-state index is 5.54. The molecule has 0 amide bonds. The first kappa shape index (κ1) is 8.06. The molecule has 0 radical (unpaired) electrons. The highest BCUT2D eigenvalue weighted by atomic mass is 16.5. The lowest BCUT2D eigenvalue weighted by Gasteiger charge is -2.21. The molecule has 2 unspecified atom stereocenters. The summed E-state index contributed by atoms with van der Waals surface area (Å²) >= 11 is 0. The zero-order valence-electron chi connectivity index (χ0n) is 7.42. The third-order valence-electron chi connectivity index (χ3n) is 2.59. The molecule has 1 saturated heterocycles. The van der Waals surface area contributed by atoms with Crippen LogP contribution in [0.25, 0.3) is 0 Å². The van der Waals surface area contributed by atoms with Gasteiger partial charge in [-0.1, -0.05) is 20.8 Å². The van der Waals surface area contributed by atoms with Crippen molar-refractivity contribution < 1.29 is 4.74 Å². The van der Waals surface area contributed by atoms with E-state index in [1.54, 1.807) is 0 Å². The average molecular weight is 142 g/mol. The minimum atomic E-state index is 0.481. The van der Waals surface area contributed by atoms with E-state index in [0.717, 1.165) is 24.4 Å². The minimum Gasteiger partial charge on any atom is -0.378 e. The van der Waals surface area contributed by atoms with Crippen molar-refractivity contribution in [3.63, 3.8) is 0 Å². The third-order valence-corrected chi connectivity index (χ3v) is 2.59. The van der Waals surface area contributed by atoms with E-state index >= 15 is 0 Å². The van der Waals surface area contributed by atoms with E-state index in [1.807, 2.05) is 0 Å². The second-order valence-corrected chi connectivity index (χ2v) is 3.84. The first-order chi connectivity index (χ1) is 4.63. The van der Waals surface area contributed by atoms with Gasteiger partial charge in [-0.2, -0.15) is 0 Å². The van der Waals surface area contributed by atoms with Gasteiger partial charge < -0.3 is 4.74 Å². The van der Waals surface area contributed by atoms with Crippen LogP contribution in [0, 0.1) is 17.8 Å². The molecule has 0 spiro atoms. The lowest BCUT2D eigenvalue weighted by Crippen LogP contribution is -2.21. The van der Waals surface area contributed by atoms with Crippen molar-refractivity contribution >= 4 is 0 Å². The molecule has 3 atom stereocenters. The van der Waals surface area contributed by atoms with Gasteiger partial charge in [0.25, 0.3) is 0 Å². The summed E-state index contributed by atoms with van der Waals surface area (Å²) in [6, 6.07) is 0. The molecule has 0 aromatic rings. The van der Waals surface area contributed by atoms with E-state index in [2.05, 4.69) is 27.7 Å². The molecule has 10 heavy (non-hydrogen) atoms. The first-order valence-electron chi connectivity index (χ1n) is 4.24. The van der Waals surface area contributed by atoms with Crippen molar-refractivity contribution in [2.75, 3.05) is 6.61 Å². The highest BCUT2D eigenvalue weighted by Gasteiger charge is 2.33. The molecule has 0 bridgehead atoms. The number of rotatable bonds is 1. The Morgan fingerprint density at radius 2 is 1.90 bits per heavy atom. The molecular formula is C9H18O. The largest absolute Gasteiger partial charge is 0.378 e. The second kappa shape index (κ2) is 2.91. The molecule has 1 fully saturated rings. The van der Waals surface area contributed by atoms with Crippen molar-refractivity contribution in [3.05, 3.63) is 0 Å². The van der Waals surface area contributed by atoms with Gasteiger partial charge in [-0.3, -0.25) is 0 Å². The molecule has 0 N–H and O–H groups in total. The fourth-order valence-corrected chi connectivity index (χ4v) is 2.19. The summed E-state index contributed by atoms with van der Waals surface area (Å²) in [5.74, 6) is 2.31. The van der Waals surface area contributed by atoms with Crippen LogP contribution in [0.3, 0.4) is 0 Å². The maximum atomic E-state index is 5.54. The Balaban J connectivity index is 2.54. The predicted molar refractivity (Wildman–Crippen MR) is 42.9 cm³/mol. The van der Waals surface area contributed by atoms with Gasteiger partial charge in [0, 0.05) is 6.61 Å². The Bertz CT molecular complexity index is 99.3. The summed E-state index contributed by atoms with van der Waals surface area (Å²) < 4.78 is 5.54. The molecule has 1 aliphatic rings. The molecule has 1 heteroatoms. The van der Waals surface area contributed by atoms with Crippen LogP contribution in [-0.2, 0) is 4.74 Å². The molecule has 0 aromatic carbocycles. The number of hydrogen-bond acceptors (Lipinski definition) is 1. The van der Waals surface area contributed by atoms with Gasteiger partial charge in [0.15, 0.2) is 0 Å². The van der Waals surface area contributed by atoms with Crippen LogP contribution in [0.4, 0.5) is 0 Å². The summed E-state index contributed by atoms with van der Waals surface area (Å²) in [6.45, 7) is 10.0. The quantitative estimate of drug-likeness (QED) is 0.546. The molecule has 0 saturated carbocycles. The Morgan fingerprint density at radius 1 is 1.30 bits per heavy atom. The van der Waals surface area contributed by atoms with Gasteiger partial charge in [-0.25, -0.2) is 0 Å². The summed E-state index contributed by atoms with van der Waals surface area (Å²) in [5, 5.41) is 0. The van der Waals surface area contributed by atoms with E-state index in [1.165, 1.54) is 0 Å². The van der Waals surface area contributed by atoms with Gasteiger partial charge in [0.1, 0.15) is 0 Å². The molecule has 60 valence electrons.